The van der Waals surface area contributed by atoms with Crippen molar-refractivity contribution in [3.63, 3.8) is 0 Å². The van der Waals surface area contributed by atoms with Crippen LogP contribution in [0.3, 0.4) is 0 Å². The number of rotatable bonds is 3. The molecule has 2 aromatic rings. The summed E-state index contributed by atoms with van der Waals surface area (Å²) in [6, 6.07) is 6.12. The average molecular weight is 343 g/mol. The van der Waals surface area contributed by atoms with Gasteiger partial charge >= 0.3 is 0 Å². The molecule has 0 radical (unpaired) electrons. The van der Waals surface area contributed by atoms with E-state index in [0.717, 1.165) is 33.8 Å². The lowest BCUT2D eigenvalue weighted by Crippen LogP contribution is -2.35. The van der Waals surface area contributed by atoms with Crippen molar-refractivity contribution in [3.05, 3.63) is 23.2 Å². The van der Waals surface area contributed by atoms with E-state index in [-0.39, 0.29) is 17.7 Å². The van der Waals surface area contributed by atoms with Crippen LogP contribution in [0.5, 0.6) is 0 Å². The Morgan fingerprint density at radius 1 is 1.33 bits per heavy atom. The molecule has 2 amide bonds. The largest absolute Gasteiger partial charge is 0.339 e. The summed E-state index contributed by atoms with van der Waals surface area (Å²) in [7, 11) is 0. The van der Waals surface area contributed by atoms with Crippen LogP contribution >= 0.6 is 11.3 Å². The number of carbonyl (C=O) groups is 2. The summed E-state index contributed by atoms with van der Waals surface area (Å²) in [4.78, 5) is 31.2. The lowest BCUT2D eigenvalue weighted by atomic mass is 10.1. The Kier molecular flexibility index (Phi) is 4.00. The molecule has 2 aliphatic rings. The molecular weight excluding hydrogens is 322 g/mol. The van der Waals surface area contributed by atoms with Crippen LogP contribution in [0.2, 0.25) is 0 Å². The van der Waals surface area contributed by atoms with Gasteiger partial charge in [-0.1, -0.05) is 12.8 Å². The number of benzene rings is 1. The van der Waals surface area contributed by atoms with Gasteiger partial charge in [-0.15, -0.1) is 11.3 Å². The van der Waals surface area contributed by atoms with E-state index in [4.69, 9.17) is 0 Å². The minimum Gasteiger partial charge on any atom is -0.339 e. The molecule has 1 aliphatic carbocycles. The van der Waals surface area contributed by atoms with Crippen molar-refractivity contribution in [2.45, 2.75) is 45.1 Å². The van der Waals surface area contributed by atoms with Gasteiger partial charge in [0.15, 0.2) is 0 Å². The molecule has 6 heteroatoms. The van der Waals surface area contributed by atoms with Gasteiger partial charge in [-0.2, -0.15) is 0 Å². The lowest BCUT2D eigenvalue weighted by molar-refractivity contribution is -0.129. The van der Waals surface area contributed by atoms with E-state index in [0.29, 0.717) is 19.0 Å². The van der Waals surface area contributed by atoms with Crippen molar-refractivity contribution in [2.75, 3.05) is 11.9 Å². The first kappa shape index (κ1) is 15.6. The van der Waals surface area contributed by atoms with Crippen LogP contribution in [0.1, 0.15) is 37.1 Å². The van der Waals surface area contributed by atoms with Crippen molar-refractivity contribution in [1.82, 2.24) is 9.88 Å². The van der Waals surface area contributed by atoms with Crippen LogP contribution in [-0.2, 0) is 9.59 Å². The summed E-state index contributed by atoms with van der Waals surface area (Å²) in [6.07, 6.45) is 4.90. The van der Waals surface area contributed by atoms with E-state index in [1.807, 2.05) is 30.0 Å². The molecule has 5 nitrogen and oxygen atoms in total. The number of nitrogens with zero attached hydrogens (tertiary/aromatic N) is 2. The third kappa shape index (κ3) is 2.90. The van der Waals surface area contributed by atoms with Crippen molar-refractivity contribution in [1.29, 1.82) is 0 Å². The zero-order valence-corrected chi connectivity index (χ0v) is 14.6. The number of amides is 2. The minimum atomic E-state index is -0.239. The number of carbonyl (C=O) groups excluding carboxylic acids is 2. The Hall–Kier alpha value is -1.95. The van der Waals surface area contributed by atoms with Crippen LogP contribution < -0.4 is 5.32 Å². The van der Waals surface area contributed by atoms with E-state index in [9.17, 15) is 9.59 Å². The molecule has 1 saturated carbocycles. The third-order valence-corrected chi connectivity index (χ3v) is 5.99. The maximum atomic E-state index is 12.6. The summed E-state index contributed by atoms with van der Waals surface area (Å²) in [6.45, 7) is 2.54. The quantitative estimate of drug-likeness (QED) is 0.930. The van der Waals surface area contributed by atoms with E-state index in [1.54, 1.807) is 11.3 Å². The second-order valence-corrected chi connectivity index (χ2v) is 8.02. The molecule has 4 rings (SSSR count). The number of anilines is 1. The van der Waals surface area contributed by atoms with Crippen molar-refractivity contribution in [2.24, 2.45) is 5.92 Å². The molecule has 1 N–H and O–H groups in total. The SMILES string of the molecule is Cc1nc2ccc(NC(=O)[C@H]3CC(=O)N(C4CCCC4)C3)cc2s1. The number of hydrogen-bond donors (Lipinski definition) is 1. The Morgan fingerprint density at radius 3 is 2.92 bits per heavy atom. The lowest BCUT2D eigenvalue weighted by Gasteiger charge is -2.23. The molecule has 2 heterocycles. The molecular formula is C18H21N3O2S. The molecule has 2 fully saturated rings. The van der Waals surface area contributed by atoms with Crippen LogP contribution in [0, 0.1) is 12.8 Å². The minimum absolute atomic E-state index is 0.0514. The van der Waals surface area contributed by atoms with E-state index >= 15 is 0 Å². The van der Waals surface area contributed by atoms with Gasteiger partial charge in [0.05, 0.1) is 21.1 Å². The fourth-order valence-corrected chi connectivity index (χ4v) is 4.70. The average Bonchev–Trinajstić information content (AvgIpc) is 3.25. The number of aromatic nitrogens is 1. The van der Waals surface area contributed by atoms with Crippen LogP contribution in [-0.4, -0.2) is 34.3 Å². The second kappa shape index (κ2) is 6.16. The molecule has 0 unspecified atom stereocenters. The number of nitrogens with one attached hydrogen (secondary N) is 1. The summed E-state index contributed by atoms with van der Waals surface area (Å²) in [5.41, 5.74) is 1.74. The Labute approximate surface area is 145 Å². The highest BCUT2D eigenvalue weighted by Crippen LogP contribution is 2.30. The Bertz CT molecular complexity index is 795. The van der Waals surface area contributed by atoms with Gasteiger partial charge in [-0.05, 0) is 38.0 Å². The fourth-order valence-electron chi connectivity index (χ4n) is 3.84. The van der Waals surface area contributed by atoms with E-state index < -0.39 is 0 Å². The van der Waals surface area contributed by atoms with Gasteiger partial charge in [0, 0.05) is 24.7 Å². The molecule has 1 aromatic carbocycles. The standard InChI is InChI=1S/C18H21N3O2S/c1-11-19-15-7-6-13(9-16(15)24-11)20-18(23)12-8-17(22)21(10-12)14-4-2-3-5-14/h6-7,9,12,14H,2-5,8,10H2,1H3,(H,20,23)/t12-/m0/s1. The van der Waals surface area contributed by atoms with Gasteiger partial charge in [-0.3, -0.25) is 9.59 Å². The molecule has 24 heavy (non-hydrogen) atoms. The fraction of sp³-hybridized carbons (Fsp3) is 0.500. The maximum Gasteiger partial charge on any atom is 0.229 e. The topological polar surface area (TPSA) is 62.3 Å². The molecule has 1 aromatic heterocycles. The summed E-state index contributed by atoms with van der Waals surface area (Å²) >= 11 is 1.62. The number of thiazole rings is 1. The van der Waals surface area contributed by atoms with Crippen molar-refractivity contribution in [3.8, 4) is 0 Å². The second-order valence-electron chi connectivity index (χ2n) is 6.79. The molecule has 1 saturated heterocycles. The Balaban J connectivity index is 1.44. The predicted octanol–water partition coefficient (Wildman–Crippen LogP) is 3.33. The van der Waals surface area contributed by atoms with Gasteiger partial charge in [0.25, 0.3) is 0 Å². The normalized spacial score (nSPS) is 21.8. The summed E-state index contributed by atoms with van der Waals surface area (Å²) in [5.74, 6) is -0.156. The molecule has 0 bridgehead atoms. The highest BCUT2D eigenvalue weighted by atomic mass is 32.1. The summed E-state index contributed by atoms with van der Waals surface area (Å²) in [5, 5.41) is 3.99. The van der Waals surface area contributed by atoms with E-state index in [2.05, 4.69) is 10.3 Å². The van der Waals surface area contributed by atoms with E-state index in [1.165, 1.54) is 12.8 Å². The molecule has 0 spiro atoms. The maximum absolute atomic E-state index is 12.6. The predicted molar refractivity (Wildman–Crippen MR) is 95.1 cm³/mol. The first-order valence-corrected chi connectivity index (χ1v) is 9.39. The van der Waals surface area contributed by atoms with Gasteiger partial charge < -0.3 is 10.2 Å². The smallest absolute Gasteiger partial charge is 0.229 e. The first-order chi connectivity index (χ1) is 11.6. The molecule has 1 atom stereocenters. The van der Waals surface area contributed by atoms with Crippen molar-refractivity contribution < 1.29 is 9.59 Å². The van der Waals surface area contributed by atoms with Crippen LogP contribution in [0.15, 0.2) is 18.2 Å². The van der Waals surface area contributed by atoms with Gasteiger partial charge in [-0.25, -0.2) is 4.98 Å². The van der Waals surface area contributed by atoms with Gasteiger partial charge in [0.2, 0.25) is 11.8 Å². The number of likely N-dealkylation sites (tertiary alicyclic amines) is 1. The van der Waals surface area contributed by atoms with Gasteiger partial charge in [0.1, 0.15) is 0 Å². The zero-order valence-electron chi connectivity index (χ0n) is 13.7. The monoisotopic (exact) mass is 343 g/mol. The zero-order chi connectivity index (χ0) is 16.7. The van der Waals surface area contributed by atoms with Crippen LogP contribution in [0.4, 0.5) is 5.69 Å². The number of hydrogen-bond acceptors (Lipinski definition) is 4. The highest BCUT2D eigenvalue weighted by Gasteiger charge is 2.38. The number of aryl methyl sites for hydroxylation is 1. The third-order valence-electron chi connectivity index (χ3n) is 5.06. The Morgan fingerprint density at radius 2 is 2.12 bits per heavy atom. The summed E-state index contributed by atoms with van der Waals surface area (Å²) < 4.78 is 1.07. The van der Waals surface area contributed by atoms with Crippen LogP contribution in [0.25, 0.3) is 10.2 Å². The van der Waals surface area contributed by atoms with Crippen molar-refractivity contribution >= 4 is 39.1 Å². The molecule has 1 aliphatic heterocycles. The first-order valence-electron chi connectivity index (χ1n) is 8.57. The molecule has 126 valence electrons. The highest BCUT2D eigenvalue weighted by molar-refractivity contribution is 7.18. The number of fused-ring (bicyclic) bond motifs is 1.